The fourth-order valence-corrected chi connectivity index (χ4v) is 1.90. The van der Waals surface area contributed by atoms with E-state index in [0.29, 0.717) is 17.7 Å². The second-order valence-corrected chi connectivity index (χ2v) is 4.73. The first-order valence-corrected chi connectivity index (χ1v) is 6.43. The van der Waals surface area contributed by atoms with E-state index in [9.17, 15) is 22.4 Å². The highest BCUT2D eigenvalue weighted by molar-refractivity contribution is 6.33. The number of benzene rings is 1. The molecule has 2 nitrogen and oxygen atoms in total. The number of amides is 1. The van der Waals surface area contributed by atoms with Crippen molar-refractivity contribution >= 4 is 17.5 Å². The standard InChI is InChI=1S/C13H14ClF4NO/c1-2-3-6-19(8-13(16,17)18)12(20)10-5-4-9(15)7-11(10)14/h4-5,7H,2-3,6,8H2,1H3. The lowest BCUT2D eigenvalue weighted by molar-refractivity contribution is -0.140. The smallest absolute Gasteiger partial charge is 0.329 e. The van der Waals surface area contributed by atoms with Gasteiger partial charge in [-0.15, -0.1) is 0 Å². The molecule has 0 aliphatic rings. The summed E-state index contributed by atoms with van der Waals surface area (Å²) >= 11 is 5.70. The average molecular weight is 312 g/mol. The molecule has 0 atom stereocenters. The summed E-state index contributed by atoms with van der Waals surface area (Å²) in [4.78, 5) is 12.8. The first kappa shape index (κ1) is 16.8. The largest absolute Gasteiger partial charge is 0.406 e. The maximum absolute atomic E-state index is 12.9. The van der Waals surface area contributed by atoms with Crippen molar-refractivity contribution in [3.63, 3.8) is 0 Å². The molecule has 1 aromatic carbocycles. The van der Waals surface area contributed by atoms with E-state index in [1.807, 2.05) is 0 Å². The van der Waals surface area contributed by atoms with Crippen LogP contribution in [0.5, 0.6) is 0 Å². The van der Waals surface area contributed by atoms with Gasteiger partial charge in [-0.1, -0.05) is 24.9 Å². The van der Waals surface area contributed by atoms with E-state index >= 15 is 0 Å². The van der Waals surface area contributed by atoms with E-state index in [0.717, 1.165) is 18.2 Å². The zero-order valence-electron chi connectivity index (χ0n) is 10.8. The van der Waals surface area contributed by atoms with Crippen LogP contribution in [0.2, 0.25) is 5.02 Å². The number of carbonyl (C=O) groups excluding carboxylic acids is 1. The Kier molecular flexibility index (Phi) is 5.80. The van der Waals surface area contributed by atoms with Crippen LogP contribution in [0.25, 0.3) is 0 Å². The van der Waals surface area contributed by atoms with Crippen molar-refractivity contribution in [2.24, 2.45) is 0 Å². The molecular formula is C13H14ClF4NO. The van der Waals surface area contributed by atoms with Gasteiger partial charge in [0.25, 0.3) is 5.91 Å². The van der Waals surface area contributed by atoms with Crippen LogP contribution >= 0.6 is 11.6 Å². The fourth-order valence-electron chi connectivity index (χ4n) is 1.65. The van der Waals surface area contributed by atoms with Gasteiger partial charge in [0.2, 0.25) is 0 Å². The Hall–Kier alpha value is -1.30. The minimum absolute atomic E-state index is 0.0252. The van der Waals surface area contributed by atoms with Crippen LogP contribution in [0.15, 0.2) is 18.2 Å². The predicted molar refractivity (Wildman–Crippen MR) is 68.3 cm³/mol. The van der Waals surface area contributed by atoms with Crippen LogP contribution in [-0.4, -0.2) is 30.1 Å². The monoisotopic (exact) mass is 311 g/mol. The molecule has 0 aromatic heterocycles. The van der Waals surface area contributed by atoms with Crippen LogP contribution in [0.4, 0.5) is 17.6 Å². The lowest BCUT2D eigenvalue weighted by atomic mass is 10.1. The van der Waals surface area contributed by atoms with E-state index in [2.05, 4.69) is 0 Å². The Morgan fingerprint density at radius 2 is 2.00 bits per heavy atom. The van der Waals surface area contributed by atoms with Crippen molar-refractivity contribution in [1.29, 1.82) is 0 Å². The molecule has 112 valence electrons. The lowest BCUT2D eigenvalue weighted by Gasteiger charge is -2.24. The van der Waals surface area contributed by atoms with E-state index in [1.165, 1.54) is 0 Å². The van der Waals surface area contributed by atoms with Crippen molar-refractivity contribution in [2.75, 3.05) is 13.1 Å². The fraction of sp³-hybridized carbons (Fsp3) is 0.462. The van der Waals surface area contributed by atoms with Crippen LogP contribution in [0, 0.1) is 5.82 Å². The number of unbranched alkanes of at least 4 members (excludes halogenated alkanes) is 1. The molecule has 1 amide bonds. The maximum Gasteiger partial charge on any atom is 0.406 e. The molecule has 0 aliphatic heterocycles. The highest BCUT2D eigenvalue weighted by atomic mass is 35.5. The normalized spacial score (nSPS) is 11.5. The van der Waals surface area contributed by atoms with Crippen LogP contribution in [-0.2, 0) is 0 Å². The van der Waals surface area contributed by atoms with E-state index < -0.39 is 24.4 Å². The molecule has 0 N–H and O–H groups in total. The Balaban J connectivity index is 2.96. The van der Waals surface area contributed by atoms with Gasteiger partial charge in [-0.3, -0.25) is 4.79 Å². The number of carbonyl (C=O) groups is 1. The summed E-state index contributed by atoms with van der Waals surface area (Å²) in [6.07, 6.45) is -3.39. The zero-order chi connectivity index (χ0) is 15.3. The first-order chi connectivity index (χ1) is 9.24. The molecule has 0 bridgehead atoms. The lowest BCUT2D eigenvalue weighted by Crippen LogP contribution is -2.39. The highest BCUT2D eigenvalue weighted by Crippen LogP contribution is 2.22. The second-order valence-electron chi connectivity index (χ2n) is 4.32. The minimum Gasteiger partial charge on any atom is -0.329 e. The average Bonchev–Trinajstić information content (AvgIpc) is 2.32. The third-order valence-electron chi connectivity index (χ3n) is 2.60. The summed E-state index contributed by atoms with van der Waals surface area (Å²) in [5.41, 5.74) is -0.131. The van der Waals surface area contributed by atoms with Crippen molar-refractivity contribution in [3.8, 4) is 0 Å². The van der Waals surface area contributed by atoms with Gasteiger partial charge in [0.1, 0.15) is 12.4 Å². The summed E-state index contributed by atoms with van der Waals surface area (Å²) in [5, 5.41) is -0.196. The molecule has 0 radical (unpaired) electrons. The number of alkyl halides is 3. The van der Waals surface area contributed by atoms with Crippen molar-refractivity contribution < 1.29 is 22.4 Å². The van der Waals surface area contributed by atoms with Gasteiger partial charge in [-0.25, -0.2) is 4.39 Å². The van der Waals surface area contributed by atoms with Crippen LogP contribution < -0.4 is 0 Å². The van der Waals surface area contributed by atoms with Gasteiger partial charge in [0.05, 0.1) is 10.6 Å². The number of rotatable bonds is 5. The molecule has 0 saturated carbocycles. The Labute approximate surface area is 119 Å². The second kappa shape index (κ2) is 6.92. The number of hydrogen-bond acceptors (Lipinski definition) is 1. The third kappa shape index (κ3) is 5.00. The summed E-state index contributed by atoms with van der Waals surface area (Å²) < 4.78 is 50.4. The topological polar surface area (TPSA) is 20.3 Å². The van der Waals surface area contributed by atoms with Gasteiger partial charge in [0.15, 0.2) is 0 Å². The summed E-state index contributed by atoms with van der Waals surface area (Å²) in [6.45, 7) is 0.434. The zero-order valence-corrected chi connectivity index (χ0v) is 11.6. The molecule has 1 rings (SSSR count). The summed E-state index contributed by atoms with van der Waals surface area (Å²) in [7, 11) is 0. The Bertz CT molecular complexity index is 476. The predicted octanol–water partition coefficient (Wildman–Crippen LogP) is 4.28. The molecule has 7 heteroatoms. The van der Waals surface area contributed by atoms with Crippen molar-refractivity contribution in [3.05, 3.63) is 34.6 Å². The van der Waals surface area contributed by atoms with Gasteiger partial charge < -0.3 is 4.90 Å². The molecule has 0 unspecified atom stereocenters. The van der Waals surface area contributed by atoms with Gasteiger partial charge >= 0.3 is 6.18 Å². The molecule has 0 saturated heterocycles. The molecule has 20 heavy (non-hydrogen) atoms. The van der Waals surface area contributed by atoms with E-state index in [1.54, 1.807) is 6.92 Å². The minimum atomic E-state index is -4.49. The molecule has 1 aromatic rings. The molecule has 0 spiro atoms. The van der Waals surface area contributed by atoms with Crippen LogP contribution in [0.3, 0.4) is 0 Å². The third-order valence-corrected chi connectivity index (χ3v) is 2.91. The Morgan fingerprint density at radius 3 is 2.50 bits per heavy atom. The van der Waals surface area contributed by atoms with Gasteiger partial charge in [-0.05, 0) is 24.6 Å². The number of hydrogen-bond donors (Lipinski definition) is 0. The van der Waals surface area contributed by atoms with E-state index in [-0.39, 0.29) is 17.1 Å². The van der Waals surface area contributed by atoms with E-state index in [4.69, 9.17) is 11.6 Å². The number of halogens is 5. The van der Waals surface area contributed by atoms with Crippen molar-refractivity contribution in [1.82, 2.24) is 4.90 Å². The van der Waals surface area contributed by atoms with Crippen LogP contribution in [0.1, 0.15) is 30.1 Å². The van der Waals surface area contributed by atoms with Gasteiger partial charge in [0, 0.05) is 6.54 Å². The van der Waals surface area contributed by atoms with Crippen molar-refractivity contribution in [2.45, 2.75) is 25.9 Å². The summed E-state index contributed by atoms with van der Waals surface area (Å²) in [5.74, 6) is -1.50. The molecule has 0 fully saturated rings. The number of nitrogens with zero attached hydrogens (tertiary/aromatic N) is 1. The molecular weight excluding hydrogens is 298 g/mol. The summed E-state index contributed by atoms with van der Waals surface area (Å²) in [6, 6.07) is 2.99. The molecule has 0 aliphatic carbocycles. The quantitative estimate of drug-likeness (QED) is 0.743. The highest BCUT2D eigenvalue weighted by Gasteiger charge is 2.33. The molecule has 0 heterocycles. The first-order valence-electron chi connectivity index (χ1n) is 6.05. The SMILES string of the molecule is CCCCN(CC(F)(F)F)C(=O)c1ccc(F)cc1Cl. The Morgan fingerprint density at radius 1 is 1.35 bits per heavy atom. The van der Waals surface area contributed by atoms with Gasteiger partial charge in [-0.2, -0.15) is 13.2 Å². The maximum atomic E-state index is 12.9.